The number of esters is 1. The molecule has 1 N–H and O–H groups in total. The summed E-state index contributed by atoms with van der Waals surface area (Å²) in [6.45, 7) is 0. The van der Waals surface area contributed by atoms with Crippen LogP contribution in [0.4, 0.5) is 17.1 Å². The maximum atomic E-state index is 13.4. The van der Waals surface area contributed by atoms with Gasteiger partial charge in [-0.2, -0.15) is 0 Å². The number of benzene rings is 5. The third-order valence-corrected chi connectivity index (χ3v) is 6.44. The predicted octanol–water partition coefficient (Wildman–Crippen LogP) is 7.41. The molecule has 0 atom stereocenters. The Labute approximate surface area is 232 Å². The standard InChI is InChI=1S/C34H26N2O4/c1-36(30-19-17-29(18-20-30)35-28-10-6-3-7-11-28)33(38)32-22-31(21-16-27(32)23-37)40-34(39)26-14-12-25(13-15-26)24-8-4-2-5-9-24/h2-23,35H,1H3. The number of hydrogen-bond acceptors (Lipinski definition) is 5. The van der Waals surface area contributed by atoms with E-state index in [1.54, 1.807) is 19.2 Å². The molecule has 5 aromatic rings. The summed E-state index contributed by atoms with van der Waals surface area (Å²) in [7, 11) is 1.63. The molecule has 0 aromatic heterocycles. The number of nitrogens with one attached hydrogen (secondary N) is 1. The van der Waals surface area contributed by atoms with Crippen molar-refractivity contribution < 1.29 is 19.1 Å². The zero-order valence-corrected chi connectivity index (χ0v) is 21.8. The molecule has 0 aliphatic heterocycles. The van der Waals surface area contributed by atoms with Crippen molar-refractivity contribution >= 4 is 35.2 Å². The Balaban J connectivity index is 1.30. The van der Waals surface area contributed by atoms with Gasteiger partial charge in [-0.25, -0.2) is 4.79 Å². The first kappa shape index (κ1) is 26.1. The van der Waals surface area contributed by atoms with Gasteiger partial charge in [0.05, 0.1) is 11.1 Å². The zero-order valence-electron chi connectivity index (χ0n) is 21.8. The minimum absolute atomic E-state index is 0.133. The number of nitrogens with zero attached hydrogens (tertiary/aromatic N) is 1. The van der Waals surface area contributed by atoms with E-state index in [4.69, 9.17) is 4.74 Å². The van der Waals surface area contributed by atoms with Crippen molar-refractivity contribution in [3.63, 3.8) is 0 Å². The number of hydrogen-bond donors (Lipinski definition) is 1. The Morgan fingerprint density at radius 3 is 1.95 bits per heavy atom. The van der Waals surface area contributed by atoms with E-state index in [-0.39, 0.29) is 16.9 Å². The number of carbonyl (C=O) groups excluding carboxylic acids is 3. The number of ether oxygens (including phenoxy) is 1. The second-order valence-corrected chi connectivity index (χ2v) is 9.10. The molecule has 5 aromatic carbocycles. The van der Waals surface area contributed by atoms with Crippen LogP contribution in [-0.4, -0.2) is 25.2 Å². The summed E-state index contributed by atoms with van der Waals surface area (Å²) >= 11 is 0. The molecule has 0 saturated carbocycles. The van der Waals surface area contributed by atoms with Crippen molar-refractivity contribution in [3.05, 3.63) is 144 Å². The summed E-state index contributed by atoms with van der Waals surface area (Å²) in [5.41, 5.74) is 5.19. The molecule has 0 bridgehead atoms. The van der Waals surface area contributed by atoms with Gasteiger partial charge in [0.25, 0.3) is 5.91 Å². The molecule has 6 heteroatoms. The largest absolute Gasteiger partial charge is 0.423 e. The molecule has 0 saturated heterocycles. The smallest absolute Gasteiger partial charge is 0.343 e. The van der Waals surface area contributed by atoms with Crippen molar-refractivity contribution in [2.75, 3.05) is 17.3 Å². The van der Waals surface area contributed by atoms with E-state index in [1.165, 1.54) is 23.1 Å². The van der Waals surface area contributed by atoms with Gasteiger partial charge in [-0.05, 0) is 77.9 Å². The van der Waals surface area contributed by atoms with Crippen LogP contribution in [0.3, 0.4) is 0 Å². The van der Waals surface area contributed by atoms with E-state index in [2.05, 4.69) is 5.32 Å². The second-order valence-electron chi connectivity index (χ2n) is 9.10. The van der Waals surface area contributed by atoms with Crippen molar-refractivity contribution in [2.24, 2.45) is 0 Å². The Bertz CT molecular complexity index is 1630. The van der Waals surface area contributed by atoms with Gasteiger partial charge in [-0.1, -0.05) is 60.7 Å². The minimum atomic E-state index is -0.563. The molecular formula is C34H26N2O4. The van der Waals surface area contributed by atoms with Gasteiger partial charge in [-0.3, -0.25) is 9.59 Å². The number of aldehydes is 1. The topological polar surface area (TPSA) is 75.7 Å². The molecule has 6 nitrogen and oxygen atoms in total. The molecule has 0 aliphatic carbocycles. The maximum absolute atomic E-state index is 13.4. The van der Waals surface area contributed by atoms with Crippen molar-refractivity contribution in [1.82, 2.24) is 0 Å². The van der Waals surface area contributed by atoms with Crippen LogP contribution in [0.2, 0.25) is 0 Å². The predicted molar refractivity (Wildman–Crippen MR) is 158 cm³/mol. The van der Waals surface area contributed by atoms with Gasteiger partial charge in [0, 0.05) is 29.7 Å². The zero-order chi connectivity index (χ0) is 27.9. The van der Waals surface area contributed by atoms with Crippen molar-refractivity contribution in [2.45, 2.75) is 0 Å². The van der Waals surface area contributed by atoms with E-state index >= 15 is 0 Å². The molecule has 0 radical (unpaired) electrons. The molecule has 1 amide bonds. The van der Waals surface area contributed by atoms with Crippen LogP contribution in [0.15, 0.2) is 127 Å². The number of carbonyl (C=O) groups is 3. The highest BCUT2D eigenvalue weighted by Gasteiger charge is 2.19. The van der Waals surface area contributed by atoms with Crippen LogP contribution in [0.5, 0.6) is 5.75 Å². The summed E-state index contributed by atoms with van der Waals surface area (Å²) in [5, 5.41) is 3.30. The lowest BCUT2D eigenvalue weighted by molar-refractivity contribution is 0.0733. The second kappa shape index (κ2) is 11.9. The highest BCUT2D eigenvalue weighted by molar-refractivity contribution is 6.10. The molecule has 196 valence electrons. The average Bonchev–Trinajstić information content (AvgIpc) is 3.01. The molecule has 0 aliphatic rings. The van der Waals surface area contributed by atoms with Crippen LogP contribution >= 0.6 is 0 Å². The van der Waals surface area contributed by atoms with Crippen LogP contribution in [0, 0.1) is 0 Å². The van der Waals surface area contributed by atoms with Crippen molar-refractivity contribution in [1.29, 1.82) is 0 Å². The van der Waals surface area contributed by atoms with Crippen LogP contribution in [0.1, 0.15) is 31.1 Å². The number of amides is 1. The van der Waals surface area contributed by atoms with E-state index in [0.717, 1.165) is 22.5 Å². The number of rotatable bonds is 8. The first-order valence-corrected chi connectivity index (χ1v) is 12.7. The molecule has 0 unspecified atom stereocenters. The molecule has 0 spiro atoms. The Hall–Kier alpha value is -5.49. The Morgan fingerprint density at radius 1 is 0.700 bits per heavy atom. The summed E-state index contributed by atoms with van der Waals surface area (Å²) < 4.78 is 5.56. The highest BCUT2D eigenvalue weighted by Crippen LogP contribution is 2.25. The van der Waals surface area contributed by atoms with Gasteiger partial charge in [0.1, 0.15) is 5.75 Å². The van der Waals surface area contributed by atoms with Crippen LogP contribution in [-0.2, 0) is 0 Å². The Morgan fingerprint density at radius 2 is 1.30 bits per heavy atom. The summed E-state index contributed by atoms with van der Waals surface area (Å²) in [5.74, 6) is -0.801. The fourth-order valence-corrected chi connectivity index (χ4v) is 4.24. The van der Waals surface area contributed by atoms with Gasteiger partial charge >= 0.3 is 5.97 Å². The number of anilines is 3. The summed E-state index contributed by atoms with van der Waals surface area (Å²) in [4.78, 5) is 39.4. The van der Waals surface area contributed by atoms with Gasteiger partial charge < -0.3 is 15.0 Å². The van der Waals surface area contributed by atoms with Crippen LogP contribution < -0.4 is 15.0 Å². The Kier molecular flexibility index (Phi) is 7.79. The lowest BCUT2D eigenvalue weighted by atomic mass is 10.0. The lowest BCUT2D eigenvalue weighted by Crippen LogP contribution is -2.27. The summed E-state index contributed by atoms with van der Waals surface area (Å²) in [6, 6.07) is 38.5. The van der Waals surface area contributed by atoms with E-state index in [1.807, 2.05) is 97.1 Å². The quantitative estimate of drug-likeness (QED) is 0.129. The van der Waals surface area contributed by atoms with E-state index in [0.29, 0.717) is 17.5 Å². The molecule has 0 fully saturated rings. The molecular weight excluding hydrogens is 500 g/mol. The third kappa shape index (κ3) is 5.97. The van der Waals surface area contributed by atoms with Gasteiger partial charge in [0.15, 0.2) is 6.29 Å². The fraction of sp³-hybridized carbons (Fsp3) is 0.0294. The molecule has 40 heavy (non-hydrogen) atoms. The first-order valence-electron chi connectivity index (χ1n) is 12.7. The fourth-order valence-electron chi connectivity index (χ4n) is 4.24. The minimum Gasteiger partial charge on any atom is -0.423 e. The van der Waals surface area contributed by atoms with E-state index < -0.39 is 11.9 Å². The lowest BCUT2D eigenvalue weighted by Gasteiger charge is -2.19. The van der Waals surface area contributed by atoms with Gasteiger partial charge in [-0.15, -0.1) is 0 Å². The third-order valence-electron chi connectivity index (χ3n) is 6.44. The monoisotopic (exact) mass is 526 g/mol. The molecule has 0 heterocycles. The summed E-state index contributed by atoms with van der Waals surface area (Å²) in [6.07, 6.45) is 0.613. The van der Waals surface area contributed by atoms with Gasteiger partial charge in [0.2, 0.25) is 0 Å². The van der Waals surface area contributed by atoms with Crippen molar-refractivity contribution in [3.8, 4) is 16.9 Å². The first-order chi connectivity index (χ1) is 19.5. The highest BCUT2D eigenvalue weighted by atomic mass is 16.5. The normalized spacial score (nSPS) is 10.4. The SMILES string of the molecule is CN(C(=O)c1cc(OC(=O)c2ccc(-c3ccccc3)cc2)ccc1C=O)c1ccc(Nc2ccccc2)cc1. The molecule has 5 rings (SSSR count). The average molecular weight is 527 g/mol. The van der Waals surface area contributed by atoms with E-state index in [9.17, 15) is 14.4 Å². The maximum Gasteiger partial charge on any atom is 0.343 e. The van der Waals surface area contributed by atoms with Crippen LogP contribution in [0.25, 0.3) is 11.1 Å². The number of para-hydroxylation sites is 1.